The number of rotatable bonds is 13. The number of carbonyl (C=O) groups excluding carboxylic acids is 3. The van der Waals surface area contributed by atoms with Crippen molar-refractivity contribution in [3.05, 3.63) is 63.6 Å². The van der Waals surface area contributed by atoms with Crippen LogP contribution in [0.5, 0.6) is 5.75 Å². The number of esters is 2. The van der Waals surface area contributed by atoms with Gasteiger partial charge in [-0.05, 0) is 36.6 Å². The normalized spacial score (nSPS) is 13.9. The van der Waals surface area contributed by atoms with E-state index in [1.807, 2.05) is 0 Å². The summed E-state index contributed by atoms with van der Waals surface area (Å²) in [6, 6.07) is 9.83. The number of nitrogens with one attached hydrogen (secondary N) is 1. The number of carbonyl (C=O) groups is 3. The molecule has 3 N–H and O–H groups in total. The van der Waals surface area contributed by atoms with Crippen molar-refractivity contribution in [2.24, 2.45) is 0 Å². The third-order valence-corrected chi connectivity index (χ3v) is 7.59. The van der Waals surface area contributed by atoms with E-state index in [1.165, 1.54) is 12.1 Å². The Balaban J connectivity index is 2.04. The van der Waals surface area contributed by atoms with E-state index in [4.69, 9.17) is 37.4 Å². The van der Waals surface area contributed by atoms with Gasteiger partial charge < -0.3 is 34.3 Å². The predicted molar refractivity (Wildman–Crippen MR) is 138 cm³/mol. The molecule has 208 valence electrons. The van der Waals surface area contributed by atoms with Crippen molar-refractivity contribution in [2.45, 2.75) is 31.8 Å². The number of aliphatic hydroxyl groups excluding tert-OH is 1. The molecule has 0 bridgehead atoms. The molecule has 11 nitrogen and oxygen atoms in total. The van der Waals surface area contributed by atoms with Crippen molar-refractivity contribution < 1.29 is 47.9 Å². The van der Waals surface area contributed by atoms with Gasteiger partial charge in [0.15, 0.2) is 18.2 Å². The number of ether oxygens (including phenoxy) is 4. The summed E-state index contributed by atoms with van der Waals surface area (Å²) in [6.45, 7) is 1.26. The van der Waals surface area contributed by atoms with Gasteiger partial charge in [0, 0.05) is 6.16 Å². The number of benzene rings is 2. The van der Waals surface area contributed by atoms with Crippen LogP contribution in [0.4, 0.5) is 4.79 Å². The van der Waals surface area contributed by atoms with Crippen LogP contribution in [0.2, 0.25) is 10.0 Å². The Morgan fingerprint density at radius 3 is 2.29 bits per heavy atom. The number of hydrogen-bond acceptors (Lipinski definition) is 9. The first-order valence-corrected chi connectivity index (χ1v) is 14.0. The van der Waals surface area contributed by atoms with E-state index in [-0.39, 0.29) is 41.0 Å². The summed E-state index contributed by atoms with van der Waals surface area (Å²) in [7, 11) is -3.30. The molecule has 2 aromatic carbocycles. The second-order valence-corrected chi connectivity index (χ2v) is 11.1. The molecule has 0 aliphatic rings. The molecule has 0 aliphatic carbocycles. The van der Waals surface area contributed by atoms with Gasteiger partial charge in [-0.15, -0.1) is 0 Å². The average molecular weight is 592 g/mol. The molecule has 0 saturated carbocycles. The minimum atomic E-state index is -4.39. The van der Waals surface area contributed by atoms with Gasteiger partial charge in [0.05, 0.1) is 23.8 Å². The first-order chi connectivity index (χ1) is 18.0. The molecule has 2 rings (SSSR count). The van der Waals surface area contributed by atoms with Crippen LogP contribution in [-0.2, 0) is 35.0 Å². The minimum absolute atomic E-state index is 0.0568. The second kappa shape index (κ2) is 14.9. The van der Waals surface area contributed by atoms with Gasteiger partial charge in [0.2, 0.25) is 7.37 Å². The lowest BCUT2D eigenvalue weighted by atomic mass is 10.2. The van der Waals surface area contributed by atoms with E-state index < -0.39 is 50.1 Å². The van der Waals surface area contributed by atoms with Crippen molar-refractivity contribution in [1.29, 1.82) is 0 Å². The molecule has 38 heavy (non-hydrogen) atoms. The van der Waals surface area contributed by atoms with Crippen LogP contribution in [0.15, 0.2) is 42.5 Å². The quantitative estimate of drug-likeness (QED) is 0.176. The molecule has 0 heterocycles. The Hall–Kier alpha value is -2.82. The van der Waals surface area contributed by atoms with Gasteiger partial charge in [-0.3, -0.25) is 4.57 Å². The number of amides is 1. The third-order valence-electron chi connectivity index (χ3n) is 5.07. The number of methoxy groups -OCH3 is 1. The van der Waals surface area contributed by atoms with E-state index >= 15 is 0 Å². The second-order valence-electron chi connectivity index (χ2n) is 7.83. The summed E-state index contributed by atoms with van der Waals surface area (Å²) in [4.78, 5) is 46.4. The lowest BCUT2D eigenvalue weighted by Gasteiger charge is -2.22. The number of aliphatic hydroxyl groups is 1. The topological polar surface area (TPSA) is 158 Å². The van der Waals surface area contributed by atoms with Crippen molar-refractivity contribution in [3.8, 4) is 5.75 Å². The lowest BCUT2D eigenvalue weighted by Crippen LogP contribution is -2.42. The maximum absolute atomic E-state index is 13.0. The fourth-order valence-electron chi connectivity index (χ4n) is 3.17. The summed E-state index contributed by atoms with van der Waals surface area (Å²) in [6.07, 6.45) is -1.86. The summed E-state index contributed by atoms with van der Waals surface area (Å²) in [5.41, 5.74) is 0.619. The molecule has 2 unspecified atom stereocenters. The largest absolute Gasteiger partial charge is 0.479 e. The van der Waals surface area contributed by atoms with Crippen LogP contribution >= 0.6 is 30.6 Å². The van der Waals surface area contributed by atoms with Gasteiger partial charge in [-0.25, -0.2) is 14.4 Å². The molecular weight excluding hydrogens is 564 g/mol. The van der Waals surface area contributed by atoms with Crippen molar-refractivity contribution >= 4 is 48.6 Å². The van der Waals surface area contributed by atoms with Crippen molar-refractivity contribution in [1.82, 2.24) is 5.32 Å². The molecule has 0 radical (unpaired) electrons. The first-order valence-electron chi connectivity index (χ1n) is 11.3. The van der Waals surface area contributed by atoms with E-state index in [2.05, 4.69) is 10.1 Å². The predicted octanol–water partition coefficient (Wildman–Crippen LogP) is 4.05. The van der Waals surface area contributed by atoms with E-state index in [9.17, 15) is 28.9 Å². The van der Waals surface area contributed by atoms with E-state index in [0.29, 0.717) is 0 Å². The van der Waals surface area contributed by atoms with Crippen molar-refractivity contribution in [3.63, 3.8) is 0 Å². The van der Waals surface area contributed by atoms with Crippen LogP contribution in [0.1, 0.15) is 30.3 Å². The summed E-state index contributed by atoms with van der Waals surface area (Å²) in [5.74, 6) is -3.53. The maximum Gasteiger partial charge on any atom is 0.408 e. The zero-order chi connectivity index (χ0) is 28.3. The van der Waals surface area contributed by atoms with Crippen LogP contribution in [-0.4, -0.2) is 60.6 Å². The maximum atomic E-state index is 13.0. The number of halogens is 2. The molecule has 0 aromatic heterocycles. The van der Waals surface area contributed by atoms with Crippen molar-refractivity contribution in [2.75, 3.05) is 26.5 Å². The highest BCUT2D eigenvalue weighted by molar-refractivity contribution is 7.58. The highest BCUT2D eigenvalue weighted by atomic mass is 35.5. The monoisotopic (exact) mass is 591 g/mol. The molecule has 1 amide bonds. The minimum Gasteiger partial charge on any atom is -0.479 e. The SMILES string of the molecule is CCOC(=O)COc1c(Cl)cc(C(O)P(=O)(O)CC[C@H](NC(=O)OCc2ccccc2)C(=O)OC)cc1Cl. The Morgan fingerprint density at radius 2 is 1.71 bits per heavy atom. The van der Waals surface area contributed by atoms with Crippen LogP contribution in [0.3, 0.4) is 0 Å². The zero-order valence-corrected chi connectivity index (χ0v) is 23.0. The lowest BCUT2D eigenvalue weighted by molar-refractivity contribution is -0.145. The highest BCUT2D eigenvalue weighted by Crippen LogP contribution is 2.55. The van der Waals surface area contributed by atoms with Gasteiger partial charge >= 0.3 is 18.0 Å². The Kier molecular flexibility index (Phi) is 12.3. The van der Waals surface area contributed by atoms with E-state index in [0.717, 1.165) is 12.7 Å². The smallest absolute Gasteiger partial charge is 0.408 e. The fourth-order valence-corrected chi connectivity index (χ4v) is 5.27. The number of alkyl carbamates (subject to hydrolysis) is 1. The summed E-state index contributed by atoms with van der Waals surface area (Å²) in [5, 5.41) is 12.7. The van der Waals surface area contributed by atoms with Gasteiger partial charge in [0.1, 0.15) is 12.6 Å². The summed E-state index contributed by atoms with van der Waals surface area (Å²) >= 11 is 12.3. The van der Waals surface area contributed by atoms with Gasteiger partial charge in [0.25, 0.3) is 0 Å². The standard InChI is InChI=1S/C24H28Cl2NO10P/c1-3-35-20(28)14-36-21-17(25)11-16(12-18(21)26)23(30)38(32,33)10-9-19(22(29)34-2)27-24(31)37-13-15-7-5-4-6-8-15/h4-8,11-12,19,23,30H,3,9-10,13-14H2,1-2H3,(H,27,31)(H,32,33)/t19-,23?/m0/s1. The fraction of sp³-hybridized carbons (Fsp3) is 0.375. The molecule has 0 saturated heterocycles. The molecule has 0 spiro atoms. The molecule has 0 aliphatic heterocycles. The zero-order valence-electron chi connectivity index (χ0n) is 20.6. The molecule has 2 aromatic rings. The Bertz CT molecular complexity index is 1140. The molecular formula is C24H28Cl2NO10P. The van der Waals surface area contributed by atoms with Crippen LogP contribution in [0, 0.1) is 0 Å². The molecule has 14 heteroatoms. The van der Waals surface area contributed by atoms with E-state index in [1.54, 1.807) is 37.3 Å². The highest BCUT2D eigenvalue weighted by Gasteiger charge is 2.34. The van der Waals surface area contributed by atoms with Gasteiger partial charge in [-0.2, -0.15) is 0 Å². The van der Waals surface area contributed by atoms with Crippen LogP contribution < -0.4 is 10.1 Å². The molecule has 0 fully saturated rings. The Morgan fingerprint density at radius 1 is 1.08 bits per heavy atom. The summed E-state index contributed by atoms with van der Waals surface area (Å²) < 4.78 is 32.7. The van der Waals surface area contributed by atoms with Crippen LogP contribution in [0.25, 0.3) is 0 Å². The first kappa shape index (κ1) is 31.4. The van der Waals surface area contributed by atoms with Gasteiger partial charge in [-0.1, -0.05) is 53.5 Å². The average Bonchev–Trinajstić information content (AvgIpc) is 2.89. The Labute approximate surface area is 229 Å². The number of hydrogen-bond donors (Lipinski definition) is 3. The molecule has 3 atom stereocenters. The third kappa shape index (κ3) is 9.49.